The molecular formula is C6H5ClN2O4. The third-order valence-corrected chi connectivity index (χ3v) is 1.48. The number of hydrogen-bond donors (Lipinski definition) is 2. The number of rotatable bonds is 2. The van der Waals surface area contributed by atoms with Crippen LogP contribution in [-0.4, -0.2) is 22.1 Å². The van der Waals surface area contributed by atoms with Crippen molar-refractivity contribution >= 4 is 29.4 Å². The molecule has 0 saturated heterocycles. The second-order valence-corrected chi connectivity index (χ2v) is 2.54. The summed E-state index contributed by atoms with van der Waals surface area (Å²) in [6.07, 6.45) is 0. The third kappa shape index (κ3) is 1.97. The summed E-state index contributed by atoms with van der Waals surface area (Å²) in [5.74, 6) is -1.90. The van der Waals surface area contributed by atoms with Crippen molar-refractivity contribution in [3.8, 4) is 0 Å². The Labute approximate surface area is 77.5 Å². The quantitative estimate of drug-likeness (QED) is 0.749. The third-order valence-electron chi connectivity index (χ3n) is 1.13. The molecule has 1 aromatic rings. The maximum atomic E-state index is 10.5. The maximum absolute atomic E-state index is 10.5. The maximum Gasteiger partial charge on any atom is 0.359 e. The SMILES string of the molecule is CC(=O)Nc1onc(C(=O)O)c1Cl. The molecule has 0 aromatic carbocycles. The van der Waals surface area contributed by atoms with Gasteiger partial charge in [-0.05, 0) is 0 Å². The van der Waals surface area contributed by atoms with E-state index >= 15 is 0 Å². The smallest absolute Gasteiger partial charge is 0.359 e. The van der Waals surface area contributed by atoms with E-state index < -0.39 is 17.6 Å². The van der Waals surface area contributed by atoms with E-state index in [1.807, 2.05) is 0 Å². The average molecular weight is 205 g/mol. The van der Waals surface area contributed by atoms with Crippen LogP contribution in [-0.2, 0) is 4.79 Å². The summed E-state index contributed by atoms with van der Waals surface area (Å²) in [5, 5.41) is 13.6. The number of amides is 1. The molecule has 0 unspecified atom stereocenters. The van der Waals surface area contributed by atoms with E-state index in [9.17, 15) is 9.59 Å². The minimum Gasteiger partial charge on any atom is -0.476 e. The molecular weight excluding hydrogens is 200 g/mol. The molecule has 0 bridgehead atoms. The molecule has 0 saturated carbocycles. The Bertz CT molecular complexity index is 360. The van der Waals surface area contributed by atoms with Gasteiger partial charge in [-0.3, -0.25) is 10.1 Å². The fourth-order valence-corrected chi connectivity index (χ4v) is 0.847. The Hall–Kier alpha value is -1.56. The monoisotopic (exact) mass is 204 g/mol. The van der Waals surface area contributed by atoms with E-state index in [0.29, 0.717) is 0 Å². The molecule has 0 radical (unpaired) electrons. The second kappa shape index (κ2) is 3.44. The van der Waals surface area contributed by atoms with Crippen LogP contribution >= 0.6 is 11.6 Å². The van der Waals surface area contributed by atoms with E-state index in [1.54, 1.807) is 0 Å². The zero-order valence-electron chi connectivity index (χ0n) is 6.50. The first-order chi connectivity index (χ1) is 6.02. The van der Waals surface area contributed by atoms with Gasteiger partial charge in [0.05, 0.1) is 0 Å². The van der Waals surface area contributed by atoms with Gasteiger partial charge < -0.3 is 9.63 Å². The van der Waals surface area contributed by atoms with Gasteiger partial charge >= 0.3 is 5.97 Å². The Morgan fingerprint density at radius 1 is 1.62 bits per heavy atom. The number of nitrogens with zero attached hydrogens (tertiary/aromatic N) is 1. The summed E-state index contributed by atoms with van der Waals surface area (Å²) >= 11 is 5.51. The van der Waals surface area contributed by atoms with Crippen molar-refractivity contribution in [1.82, 2.24) is 5.16 Å². The molecule has 70 valence electrons. The Kier molecular flexibility index (Phi) is 2.52. The van der Waals surface area contributed by atoms with Crippen LogP contribution in [0.15, 0.2) is 4.52 Å². The van der Waals surface area contributed by atoms with Gasteiger partial charge in [-0.15, -0.1) is 0 Å². The van der Waals surface area contributed by atoms with Crippen molar-refractivity contribution in [2.24, 2.45) is 0 Å². The van der Waals surface area contributed by atoms with Crippen molar-refractivity contribution in [1.29, 1.82) is 0 Å². The Morgan fingerprint density at radius 2 is 2.23 bits per heavy atom. The molecule has 0 aliphatic heterocycles. The highest BCUT2D eigenvalue weighted by Gasteiger charge is 2.20. The van der Waals surface area contributed by atoms with E-state index in [4.69, 9.17) is 16.7 Å². The summed E-state index contributed by atoms with van der Waals surface area (Å²) < 4.78 is 4.47. The van der Waals surface area contributed by atoms with Gasteiger partial charge in [0.25, 0.3) is 5.88 Å². The van der Waals surface area contributed by atoms with Gasteiger partial charge in [-0.1, -0.05) is 16.8 Å². The fourth-order valence-electron chi connectivity index (χ4n) is 0.649. The van der Waals surface area contributed by atoms with Crippen LogP contribution in [0.3, 0.4) is 0 Å². The number of carbonyl (C=O) groups excluding carboxylic acids is 1. The lowest BCUT2D eigenvalue weighted by molar-refractivity contribution is -0.114. The number of aromatic carboxylic acids is 1. The topological polar surface area (TPSA) is 92.4 Å². The van der Waals surface area contributed by atoms with Crippen molar-refractivity contribution in [2.75, 3.05) is 5.32 Å². The van der Waals surface area contributed by atoms with Crippen LogP contribution in [0.1, 0.15) is 17.4 Å². The molecule has 13 heavy (non-hydrogen) atoms. The molecule has 0 atom stereocenters. The first-order valence-electron chi connectivity index (χ1n) is 3.18. The van der Waals surface area contributed by atoms with Crippen molar-refractivity contribution in [3.63, 3.8) is 0 Å². The van der Waals surface area contributed by atoms with Gasteiger partial charge in [0.15, 0.2) is 0 Å². The van der Waals surface area contributed by atoms with Gasteiger partial charge in [0.1, 0.15) is 5.02 Å². The number of nitrogens with one attached hydrogen (secondary N) is 1. The van der Waals surface area contributed by atoms with Crippen LogP contribution in [0.25, 0.3) is 0 Å². The normalized spacial score (nSPS) is 9.69. The van der Waals surface area contributed by atoms with Crippen LogP contribution in [0.2, 0.25) is 5.02 Å². The van der Waals surface area contributed by atoms with E-state index in [0.717, 1.165) is 0 Å². The predicted molar refractivity (Wildman–Crippen MR) is 42.8 cm³/mol. The zero-order chi connectivity index (χ0) is 10.0. The highest BCUT2D eigenvalue weighted by atomic mass is 35.5. The standard InChI is InChI=1S/C6H5ClN2O4/c1-2(10)8-5-3(7)4(6(11)12)9-13-5/h1H3,(H,8,10)(H,11,12). The number of carboxylic acid groups (broad SMARTS) is 1. The average Bonchev–Trinajstić information content (AvgIpc) is 2.32. The molecule has 7 heteroatoms. The Morgan fingerprint density at radius 3 is 2.62 bits per heavy atom. The van der Waals surface area contributed by atoms with Crippen molar-refractivity contribution < 1.29 is 19.2 Å². The second-order valence-electron chi connectivity index (χ2n) is 2.16. The lowest BCUT2D eigenvalue weighted by atomic mass is 10.4. The first-order valence-corrected chi connectivity index (χ1v) is 3.56. The van der Waals surface area contributed by atoms with Gasteiger partial charge in [-0.2, -0.15) is 0 Å². The van der Waals surface area contributed by atoms with E-state index in [2.05, 4.69) is 15.0 Å². The van der Waals surface area contributed by atoms with Gasteiger partial charge in [0.2, 0.25) is 11.6 Å². The molecule has 2 N–H and O–H groups in total. The summed E-state index contributed by atoms with van der Waals surface area (Å²) in [4.78, 5) is 20.9. The van der Waals surface area contributed by atoms with Gasteiger partial charge in [0, 0.05) is 6.92 Å². The summed E-state index contributed by atoms with van der Waals surface area (Å²) in [7, 11) is 0. The summed E-state index contributed by atoms with van der Waals surface area (Å²) in [5.41, 5.74) is -0.426. The molecule has 0 aliphatic rings. The first kappa shape index (κ1) is 9.53. The largest absolute Gasteiger partial charge is 0.476 e. The lowest BCUT2D eigenvalue weighted by Crippen LogP contribution is -2.05. The molecule has 0 aliphatic carbocycles. The minimum atomic E-state index is -1.31. The molecule has 0 spiro atoms. The Balaban J connectivity index is 2.99. The zero-order valence-corrected chi connectivity index (χ0v) is 7.25. The highest BCUT2D eigenvalue weighted by Crippen LogP contribution is 2.25. The van der Waals surface area contributed by atoms with Crippen LogP contribution in [0.5, 0.6) is 0 Å². The number of anilines is 1. The molecule has 1 amide bonds. The number of carboxylic acids is 1. The molecule has 6 nitrogen and oxygen atoms in total. The number of aromatic nitrogens is 1. The van der Waals surface area contributed by atoms with Crippen LogP contribution in [0.4, 0.5) is 5.88 Å². The number of halogens is 1. The number of hydrogen-bond acceptors (Lipinski definition) is 4. The minimum absolute atomic E-state index is 0.161. The van der Waals surface area contributed by atoms with E-state index in [-0.39, 0.29) is 10.9 Å². The predicted octanol–water partition coefficient (Wildman–Crippen LogP) is 0.985. The molecule has 1 heterocycles. The molecule has 1 aromatic heterocycles. The van der Waals surface area contributed by atoms with Crippen LogP contribution < -0.4 is 5.32 Å². The number of carbonyl (C=O) groups is 2. The van der Waals surface area contributed by atoms with Gasteiger partial charge in [-0.25, -0.2) is 4.79 Å². The van der Waals surface area contributed by atoms with Crippen LogP contribution in [0, 0.1) is 0 Å². The fraction of sp³-hybridized carbons (Fsp3) is 0.167. The van der Waals surface area contributed by atoms with Crippen molar-refractivity contribution in [3.05, 3.63) is 10.7 Å². The lowest BCUT2D eigenvalue weighted by Gasteiger charge is -1.93. The molecule has 0 fully saturated rings. The molecule has 1 rings (SSSR count). The summed E-state index contributed by atoms with van der Waals surface area (Å²) in [6, 6.07) is 0. The van der Waals surface area contributed by atoms with E-state index in [1.165, 1.54) is 6.92 Å². The highest BCUT2D eigenvalue weighted by molar-refractivity contribution is 6.35. The summed E-state index contributed by atoms with van der Waals surface area (Å²) in [6.45, 7) is 1.24. The van der Waals surface area contributed by atoms with Crippen molar-refractivity contribution in [2.45, 2.75) is 6.92 Å².